The van der Waals surface area contributed by atoms with E-state index in [2.05, 4.69) is 6.58 Å². The summed E-state index contributed by atoms with van der Waals surface area (Å²) in [6.07, 6.45) is -4.14. The highest BCUT2D eigenvalue weighted by molar-refractivity contribution is 5.88. The van der Waals surface area contributed by atoms with Gasteiger partial charge in [0.25, 0.3) is 0 Å². The van der Waals surface area contributed by atoms with Crippen molar-refractivity contribution in [2.45, 2.75) is 44.9 Å². The number of ether oxygens (including phenoxy) is 1. The molecule has 0 aliphatic heterocycles. The molecule has 0 fully saturated rings. The maximum atomic E-state index is 13.8. The van der Waals surface area contributed by atoms with Crippen LogP contribution in [0.3, 0.4) is 0 Å². The standard InChI is InChI=1S/C22H21F3O2/c1-5-21(4,27-20(26)13(2)3)19-16-10-7-6-9-14(16)15-11-8-12-17(18(15)19)22(23,24)25/h6-12,19H,2,5H2,1,3-4H3. The summed E-state index contributed by atoms with van der Waals surface area (Å²) in [4.78, 5) is 12.2. The van der Waals surface area contributed by atoms with Crippen molar-refractivity contribution in [2.24, 2.45) is 0 Å². The molecule has 2 aromatic rings. The number of fused-ring (bicyclic) bond motifs is 3. The van der Waals surface area contributed by atoms with Crippen LogP contribution in [0.1, 0.15) is 49.8 Å². The summed E-state index contributed by atoms with van der Waals surface area (Å²) in [5.74, 6) is -1.32. The molecule has 0 heterocycles. The number of carbonyl (C=O) groups is 1. The molecule has 27 heavy (non-hydrogen) atoms. The Morgan fingerprint density at radius 1 is 1.11 bits per heavy atom. The van der Waals surface area contributed by atoms with Crippen LogP contribution in [-0.2, 0) is 15.7 Å². The second kappa shape index (κ2) is 6.55. The summed E-state index contributed by atoms with van der Waals surface area (Å²) in [5, 5.41) is 0. The molecule has 1 aliphatic rings. The van der Waals surface area contributed by atoms with Crippen molar-refractivity contribution in [2.75, 3.05) is 0 Å². The number of carbonyl (C=O) groups excluding carboxylic acids is 1. The predicted molar refractivity (Wildman–Crippen MR) is 98.3 cm³/mol. The number of hydrogen-bond donors (Lipinski definition) is 0. The van der Waals surface area contributed by atoms with Gasteiger partial charge in [0.05, 0.1) is 11.5 Å². The van der Waals surface area contributed by atoms with Crippen LogP contribution in [0.15, 0.2) is 54.6 Å². The van der Waals surface area contributed by atoms with Gasteiger partial charge in [-0.1, -0.05) is 49.9 Å². The Morgan fingerprint density at radius 3 is 2.33 bits per heavy atom. The SMILES string of the molecule is C=C(C)C(=O)OC(C)(CC)C1c2ccccc2-c2cccc(C(F)(F)F)c21. The van der Waals surface area contributed by atoms with Gasteiger partial charge in [0.2, 0.25) is 0 Å². The van der Waals surface area contributed by atoms with Gasteiger partial charge >= 0.3 is 12.1 Å². The first-order valence-corrected chi connectivity index (χ1v) is 8.78. The quantitative estimate of drug-likeness (QED) is 0.477. The van der Waals surface area contributed by atoms with E-state index in [0.29, 0.717) is 12.0 Å². The number of alkyl halides is 3. The average molecular weight is 374 g/mol. The van der Waals surface area contributed by atoms with Crippen LogP contribution in [0.5, 0.6) is 0 Å². The summed E-state index contributed by atoms with van der Waals surface area (Å²) in [6.45, 7) is 8.61. The summed E-state index contributed by atoms with van der Waals surface area (Å²) in [5.41, 5.74) is 0.579. The highest BCUT2D eigenvalue weighted by atomic mass is 19.4. The minimum atomic E-state index is -4.50. The first-order valence-electron chi connectivity index (χ1n) is 8.78. The molecular weight excluding hydrogens is 353 g/mol. The fourth-order valence-corrected chi connectivity index (χ4v) is 3.78. The third kappa shape index (κ3) is 3.15. The largest absolute Gasteiger partial charge is 0.455 e. The van der Waals surface area contributed by atoms with E-state index in [1.165, 1.54) is 13.0 Å². The molecular formula is C22H21F3O2. The van der Waals surface area contributed by atoms with Gasteiger partial charge in [0.1, 0.15) is 5.60 Å². The maximum absolute atomic E-state index is 13.8. The fraction of sp³-hybridized carbons (Fsp3) is 0.318. The number of esters is 1. The van der Waals surface area contributed by atoms with E-state index < -0.39 is 29.2 Å². The van der Waals surface area contributed by atoms with Gasteiger partial charge in [-0.05, 0) is 48.6 Å². The molecule has 0 N–H and O–H groups in total. The molecule has 2 unspecified atom stereocenters. The summed E-state index contributed by atoms with van der Waals surface area (Å²) in [7, 11) is 0. The van der Waals surface area contributed by atoms with E-state index in [1.54, 1.807) is 25.1 Å². The van der Waals surface area contributed by atoms with Gasteiger partial charge in [-0.15, -0.1) is 0 Å². The Balaban J connectivity index is 2.27. The third-order valence-corrected chi connectivity index (χ3v) is 5.25. The summed E-state index contributed by atoms with van der Waals surface area (Å²) in [6, 6.07) is 11.4. The van der Waals surface area contributed by atoms with E-state index in [0.717, 1.165) is 17.2 Å². The minimum Gasteiger partial charge on any atom is -0.455 e. The zero-order valence-corrected chi connectivity index (χ0v) is 15.5. The second-order valence-corrected chi connectivity index (χ2v) is 7.12. The molecule has 0 spiro atoms. The van der Waals surface area contributed by atoms with Crippen LogP contribution in [-0.4, -0.2) is 11.6 Å². The zero-order valence-electron chi connectivity index (χ0n) is 15.5. The Hall–Kier alpha value is -2.56. The lowest BCUT2D eigenvalue weighted by Gasteiger charge is -2.36. The molecule has 1 aliphatic carbocycles. The van der Waals surface area contributed by atoms with Crippen molar-refractivity contribution >= 4 is 5.97 Å². The van der Waals surface area contributed by atoms with E-state index in [1.807, 2.05) is 19.1 Å². The minimum absolute atomic E-state index is 0.171. The van der Waals surface area contributed by atoms with Crippen LogP contribution in [0.2, 0.25) is 0 Å². The lowest BCUT2D eigenvalue weighted by atomic mass is 9.78. The van der Waals surface area contributed by atoms with Crippen LogP contribution < -0.4 is 0 Å². The van der Waals surface area contributed by atoms with Crippen molar-refractivity contribution in [1.29, 1.82) is 0 Å². The van der Waals surface area contributed by atoms with E-state index >= 15 is 0 Å². The fourth-order valence-electron chi connectivity index (χ4n) is 3.78. The molecule has 0 radical (unpaired) electrons. The summed E-state index contributed by atoms with van der Waals surface area (Å²) < 4.78 is 47.1. The van der Waals surface area contributed by atoms with E-state index in [-0.39, 0.29) is 11.1 Å². The van der Waals surface area contributed by atoms with Crippen LogP contribution >= 0.6 is 0 Å². The molecule has 0 aromatic heterocycles. The van der Waals surface area contributed by atoms with Crippen LogP contribution in [0.4, 0.5) is 13.2 Å². The highest BCUT2D eigenvalue weighted by Crippen LogP contribution is 2.55. The van der Waals surface area contributed by atoms with Crippen molar-refractivity contribution in [1.82, 2.24) is 0 Å². The lowest BCUT2D eigenvalue weighted by molar-refractivity contribution is -0.155. The monoisotopic (exact) mass is 374 g/mol. The molecule has 0 bridgehead atoms. The molecule has 5 heteroatoms. The topological polar surface area (TPSA) is 26.3 Å². The Labute approximate surface area is 156 Å². The van der Waals surface area contributed by atoms with Crippen molar-refractivity contribution in [3.63, 3.8) is 0 Å². The van der Waals surface area contributed by atoms with Crippen LogP contribution in [0, 0.1) is 0 Å². The van der Waals surface area contributed by atoms with Gasteiger partial charge in [-0.25, -0.2) is 4.79 Å². The second-order valence-electron chi connectivity index (χ2n) is 7.12. The molecule has 142 valence electrons. The normalized spacial score (nSPS) is 17.6. The average Bonchev–Trinajstić information content (AvgIpc) is 2.95. The Bertz CT molecular complexity index is 914. The Kier molecular flexibility index (Phi) is 4.66. The molecule has 0 amide bonds. The third-order valence-electron chi connectivity index (χ3n) is 5.25. The van der Waals surface area contributed by atoms with Crippen LogP contribution in [0.25, 0.3) is 11.1 Å². The number of halogens is 3. The van der Waals surface area contributed by atoms with Crippen molar-refractivity contribution in [3.8, 4) is 11.1 Å². The molecule has 2 nitrogen and oxygen atoms in total. The lowest BCUT2D eigenvalue weighted by Crippen LogP contribution is -2.38. The van der Waals surface area contributed by atoms with E-state index in [4.69, 9.17) is 4.74 Å². The smallest absolute Gasteiger partial charge is 0.416 e. The number of benzene rings is 2. The van der Waals surface area contributed by atoms with Gasteiger partial charge in [0, 0.05) is 5.57 Å². The van der Waals surface area contributed by atoms with Gasteiger partial charge in [-0.2, -0.15) is 13.2 Å². The molecule has 2 atom stereocenters. The number of rotatable bonds is 4. The van der Waals surface area contributed by atoms with Gasteiger partial charge < -0.3 is 4.74 Å². The van der Waals surface area contributed by atoms with Crippen molar-refractivity contribution in [3.05, 3.63) is 71.3 Å². The maximum Gasteiger partial charge on any atom is 0.416 e. The van der Waals surface area contributed by atoms with Crippen molar-refractivity contribution < 1.29 is 22.7 Å². The molecule has 0 saturated carbocycles. The van der Waals surface area contributed by atoms with E-state index in [9.17, 15) is 18.0 Å². The first kappa shape index (κ1) is 19.2. The number of hydrogen-bond acceptors (Lipinski definition) is 2. The predicted octanol–water partition coefficient (Wildman–Crippen LogP) is 6.11. The first-order chi connectivity index (χ1) is 12.6. The molecule has 0 saturated heterocycles. The zero-order chi connectivity index (χ0) is 20.0. The van der Waals surface area contributed by atoms with Gasteiger partial charge in [-0.3, -0.25) is 0 Å². The Morgan fingerprint density at radius 2 is 1.74 bits per heavy atom. The summed E-state index contributed by atoms with van der Waals surface area (Å²) >= 11 is 0. The highest BCUT2D eigenvalue weighted by Gasteiger charge is 2.48. The molecule has 3 rings (SSSR count). The van der Waals surface area contributed by atoms with Gasteiger partial charge in [0.15, 0.2) is 0 Å². The molecule has 2 aromatic carbocycles.